The number of thiophene rings is 1. The van der Waals surface area contributed by atoms with Crippen molar-refractivity contribution in [3.8, 4) is 11.5 Å². The highest BCUT2D eigenvalue weighted by atomic mass is 32.1. The summed E-state index contributed by atoms with van der Waals surface area (Å²) in [6.07, 6.45) is 0. The van der Waals surface area contributed by atoms with Crippen molar-refractivity contribution >= 4 is 11.3 Å². The Bertz CT molecular complexity index is 510. The first-order valence-corrected chi connectivity index (χ1v) is 6.60. The fourth-order valence-electron chi connectivity index (χ4n) is 1.95. The van der Waals surface area contributed by atoms with Gasteiger partial charge in [-0.05, 0) is 19.2 Å². The molecule has 4 heteroatoms. The minimum atomic E-state index is 0.120. The molecule has 3 nitrogen and oxygen atoms in total. The lowest BCUT2D eigenvalue weighted by atomic mass is 10.0. The number of benzene rings is 1. The van der Waals surface area contributed by atoms with Crippen LogP contribution in [0.5, 0.6) is 11.5 Å². The van der Waals surface area contributed by atoms with E-state index in [1.807, 2.05) is 30.6 Å². The summed E-state index contributed by atoms with van der Waals surface area (Å²) in [4.78, 5) is 1.21. The van der Waals surface area contributed by atoms with Crippen molar-refractivity contribution in [3.63, 3.8) is 0 Å². The van der Waals surface area contributed by atoms with Gasteiger partial charge in [0.25, 0.3) is 0 Å². The molecule has 1 N–H and O–H groups in total. The predicted molar refractivity (Wildman–Crippen MR) is 74.8 cm³/mol. The molecule has 0 bridgehead atoms. The summed E-state index contributed by atoms with van der Waals surface area (Å²) < 4.78 is 10.6. The molecule has 18 heavy (non-hydrogen) atoms. The molecule has 0 aliphatic heterocycles. The molecule has 0 saturated heterocycles. The lowest BCUT2D eigenvalue weighted by Crippen LogP contribution is -2.17. The average Bonchev–Trinajstić information content (AvgIpc) is 2.89. The van der Waals surface area contributed by atoms with Crippen molar-refractivity contribution in [1.29, 1.82) is 0 Å². The van der Waals surface area contributed by atoms with E-state index in [1.165, 1.54) is 4.88 Å². The lowest BCUT2D eigenvalue weighted by Gasteiger charge is -2.17. The van der Waals surface area contributed by atoms with Crippen molar-refractivity contribution in [2.75, 3.05) is 21.3 Å². The third kappa shape index (κ3) is 2.49. The molecule has 0 radical (unpaired) electrons. The van der Waals surface area contributed by atoms with Crippen molar-refractivity contribution < 1.29 is 9.47 Å². The Morgan fingerprint density at radius 3 is 2.56 bits per heavy atom. The first kappa shape index (κ1) is 12.9. The second-order valence-electron chi connectivity index (χ2n) is 3.85. The third-order valence-corrected chi connectivity index (χ3v) is 3.83. The molecule has 0 aliphatic carbocycles. The van der Waals surface area contributed by atoms with Crippen LogP contribution in [0.1, 0.15) is 16.5 Å². The highest BCUT2D eigenvalue weighted by Gasteiger charge is 2.18. The molecule has 1 aromatic carbocycles. The number of hydrogen-bond donors (Lipinski definition) is 1. The van der Waals surface area contributed by atoms with E-state index < -0.39 is 0 Å². The number of methoxy groups -OCH3 is 2. The summed E-state index contributed by atoms with van der Waals surface area (Å²) in [7, 11) is 5.33. The highest BCUT2D eigenvalue weighted by Crippen LogP contribution is 2.34. The summed E-state index contributed by atoms with van der Waals surface area (Å²) in [5, 5.41) is 5.33. The van der Waals surface area contributed by atoms with Gasteiger partial charge in [0.15, 0.2) is 0 Å². The van der Waals surface area contributed by atoms with Crippen LogP contribution in [0.15, 0.2) is 35.7 Å². The molecule has 1 aromatic heterocycles. The zero-order valence-corrected chi connectivity index (χ0v) is 11.6. The van der Waals surface area contributed by atoms with Crippen molar-refractivity contribution in [1.82, 2.24) is 5.32 Å². The molecule has 0 aliphatic rings. The van der Waals surface area contributed by atoms with Crippen LogP contribution in [-0.4, -0.2) is 21.3 Å². The number of hydrogen-bond acceptors (Lipinski definition) is 4. The standard InChI is InChI=1S/C14H17NO2S/c1-15-14(13-8-10(16-2)9-18-13)11-6-4-5-7-12(11)17-3/h4-9,14-15H,1-3H3. The predicted octanol–water partition coefficient (Wildman–Crippen LogP) is 3.07. The highest BCUT2D eigenvalue weighted by molar-refractivity contribution is 7.10. The molecule has 96 valence electrons. The van der Waals surface area contributed by atoms with Gasteiger partial charge in [-0.1, -0.05) is 18.2 Å². The number of rotatable bonds is 5. The number of ether oxygens (including phenoxy) is 2. The SMILES string of the molecule is CNC(c1cc(OC)cs1)c1ccccc1OC. The van der Waals surface area contributed by atoms with Gasteiger partial charge in [0.1, 0.15) is 11.5 Å². The van der Waals surface area contributed by atoms with Gasteiger partial charge in [-0.3, -0.25) is 0 Å². The lowest BCUT2D eigenvalue weighted by molar-refractivity contribution is 0.405. The van der Waals surface area contributed by atoms with Crippen LogP contribution >= 0.6 is 11.3 Å². The van der Waals surface area contributed by atoms with Crippen LogP contribution in [0.25, 0.3) is 0 Å². The fraction of sp³-hybridized carbons (Fsp3) is 0.286. The van der Waals surface area contributed by atoms with E-state index in [-0.39, 0.29) is 6.04 Å². The first-order chi connectivity index (χ1) is 8.80. The van der Waals surface area contributed by atoms with Crippen LogP contribution < -0.4 is 14.8 Å². The molecule has 2 aromatic rings. The monoisotopic (exact) mass is 263 g/mol. The van der Waals surface area contributed by atoms with Crippen LogP contribution in [0, 0.1) is 0 Å². The summed E-state index contributed by atoms with van der Waals surface area (Å²) >= 11 is 1.68. The quantitative estimate of drug-likeness (QED) is 0.899. The molecular formula is C14H17NO2S. The summed E-state index contributed by atoms with van der Waals surface area (Å²) in [5.74, 6) is 1.79. The maximum atomic E-state index is 5.42. The molecule has 1 atom stereocenters. The van der Waals surface area contributed by atoms with Gasteiger partial charge < -0.3 is 14.8 Å². The van der Waals surface area contributed by atoms with E-state index in [0.717, 1.165) is 17.1 Å². The Morgan fingerprint density at radius 2 is 1.94 bits per heavy atom. The van der Waals surface area contributed by atoms with Crippen LogP contribution in [-0.2, 0) is 0 Å². The van der Waals surface area contributed by atoms with Crippen LogP contribution in [0.4, 0.5) is 0 Å². The summed E-state index contributed by atoms with van der Waals surface area (Å²) in [6.45, 7) is 0. The van der Waals surface area contributed by atoms with E-state index in [0.29, 0.717) is 0 Å². The Hall–Kier alpha value is -1.52. The van der Waals surface area contributed by atoms with Gasteiger partial charge in [-0.15, -0.1) is 11.3 Å². The van der Waals surface area contributed by atoms with Gasteiger partial charge in [-0.2, -0.15) is 0 Å². The summed E-state index contributed by atoms with van der Waals surface area (Å²) in [5.41, 5.74) is 1.13. The van der Waals surface area contributed by atoms with Gasteiger partial charge in [0.2, 0.25) is 0 Å². The third-order valence-electron chi connectivity index (χ3n) is 2.85. The normalized spacial score (nSPS) is 12.2. The minimum Gasteiger partial charge on any atom is -0.496 e. The Labute approximate surface area is 111 Å². The Morgan fingerprint density at radius 1 is 1.17 bits per heavy atom. The van der Waals surface area contributed by atoms with Crippen molar-refractivity contribution in [2.24, 2.45) is 0 Å². The van der Waals surface area contributed by atoms with Crippen LogP contribution in [0.3, 0.4) is 0 Å². The molecule has 0 saturated carbocycles. The van der Waals surface area contributed by atoms with E-state index >= 15 is 0 Å². The molecule has 0 fully saturated rings. The average molecular weight is 263 g/mol. The Balaban J connectivity index is 2.38. The minimum absolute atomic E-state index is 0.120. The summed E-state index contributed by atoms with van der Waals surface area (Å²) in [6, 6.07) is 10.2. The van der Waals surface area contributed by atoms with E-state index in [2.05, 4.69) is 17.4 Å². The van der Waals surface area contributed by atoms with Gasteiger partial charge in [-0.25, -0.2) is 0 Å². The van der Waals surface area contributed by atoms with Crippen molar-refractivity contribution in [2.45, 2.75) is 6.04 Å². The van der Waals surface area contributed by atoms with E-state index in [1.54, 1.807) is 25.6 Å². The molecule has 0 spiro atoms. The molecule has 0 amide bonds. The van der Waals surface area contributed by atoms with Gasteiger partial charge in [0, 0.05) is 15.8 Å². The largest absolute Gasteiger partial charge is 0.496 e. The smallest absolute Gasteiger partial charge is 0.129 e. The zero-order chi connectivity index (χ0) is 13.0. The zero-order valence-electron chi connectivity index (χ0n) is 10.8. The molecular weight excluding hydrogens is 246 g/mol. The van der Waals surface area contributed by atoms with E-state index in [4.69, 9.17) is 9.47 Å². The Kier molecular flexibility index (Phi) is 4.23. The maximum Gasteiger partial charge on any atom is 0.129 e. The second-order valence-corrected chi connectivity index (χ2v) is 4.80. The second kappa shape index (κ2) is 5.89. The number of nitrogens with one attached hydrogen (secondary N) is 1. The molecule has 1 heterocycles. The topological polar surface area (TPSA) is 30.5 Å². The van der Waals surface area contributed by atoms with Gasteiger partial charge >= 0.3 is 0 Å². The van der Waals surface area contributed by atoms with Gasteiger partial charge in [0.05, 0.1) is 20.3 Å². The van der Waals surface area contributed by atoms with Crippen molar-refractivity contribution in [3.05, 3.63) is 46.2 Å². The molecule has 1 unspecified atom stereocenters. The first-order valence-electron chi connectivity index (χ1n) is 5.72. The molecule has 2 rings (SSSR count). The maximum absolute atomic E-state index is 5.42. The van der Waals surface area contributed by atoms with Crippen LogP contribution in [0.2, 0.25) is 0 Å². The fourth-order valence-corrected chi connectivity index (χ4v) is 2.93. The number of para-hydroxylation sites is 1. The van der Waals surface area contributed by atoms with E-state index in [9.17, 15) is 0 Å².